The summed E-state index contributed by atoms with van der Waals surface area (Å²) in [6, 6.07) is 15.5. The van der Waals surface area contributed by atoms with Crippen LogP contribution < -0.4 is 0 Å². The van der Waals surface area contributed by atoms with Gasteiger partial charge in [-0.1, -0.05) is 56.3 Å². The molecule has 0 radical (unpaired) electrons. The first-order valence-corrected chi connectivity index (χ1v) is 7.93. The molecule has 20 heavy (non-hydrogen) atoms. The van der Waals surface area contributed by atoms with Gasteiger partial charge < -0.3 is 0 Å². The van der Waals surface area contributed by atoms with Gasteiger partial charge in [0, 0.05) is 13.1 Å². The van der Waals surface area contributed by atoms with E-state index < -0.39 is 0 Å². The predicted octanol–water partition coefficient (Wildman–Crippen LogP) is 4.71. The Balaban J connectivity index is 1.79. The van der Waals surface area contributed by atoms with Crippen molar-refractivity contribution in [3.05, 3.63) is 48.0 Å². The zero-order valence-corrected chi connectivity index (χ0v) is 12.7. The van der Waals surface area contributed by atoms with E-state index in [0.717, 1.165) is 18.4 Å². The minimum Gasteiger partial charge on any atom is -0.299 e. The highest BCUT2D eigenvalue weighted by molar-refractivity contribution is 5.85. The molecule has 1 fully saturated rings. The SMILES string of the molecule is CC(C)C1CCCN(Cc2cccc3ccccc23)C1. The summed E-state index contributed by atoms with van der Waals surface area (Å²) in [6.07, 6.45) is 2.76. The van der Waals surface area contributed by atoms with E-state index in [9.17, 15) is 0 Å². The van der Waals surface area contributed by atoms with Gasteiger partial charge in [0.05, 0.1) is 0 Å². The molecule has 3 rings (SSSR count). The molecule has 1 atom stereocenters. The number of hydrogen-bond donors (Lipinski definition) is 0. The Hall–Kier alpha value is -1.34. The van der Waals surface area contributed by atoms with Crippen LogP contribution in [0.15, 0.2) is 42.5 Å². The molecule has 1 unspecified atom stereocenters. The number of nitrogens with zero attached hydrogens (tertiary/aromatic N) is 1. The van der Waals surface area contributed by atoms with Gasteiger partial charge in [0.15, 0.2) is 0 Å². The molecule has 0 aromatic heterocycles. The van der Waals surface area contributed by atoms with Gasteiger partial charge in [-0.25, -0.2) is 0 Å². The second kappa shape index (κ2) is 5.97. The molecular formula is C19H25N. The number of piperidine rings is 1. The molecule has 1 heterocycles. The molecule has 2 aromatic carbocycles. The summed E-state index contributed by atoms with van der Waals surface area (Å²) in [5.74, 6) is 1.68. The van der Waals surface area contributed by atoms with Crippen LogP contribution in [0.4, 0.5) is 0 Å². The Morgan fingerprint density at radius 2 is 1.90 bits per heavy atom. The van der Waals surface area contributed by atoms with Crippen LogP contribution in [0.3, 0.4) is 0 Å². The molecular weight excluding hydrogens is 242 g/mol. The first-order chi connectivity index (χ1) is 9.74. The van der Waals surface area contributed by atoms with E-state index >= 15 is 0 Å². The normalized spacial score (nSPS) is 20.6. The Morgan fingerprint density at radius 1 is 1.10 bits per heavy atom. The molecule has 1 heteroatoms. The monoisotopic (exact) mass is 267 g/mol. The number of benzene rings is 2. The lowest BCUT2D eigenvalue weighted by Gasteiger charge is -2.35. The van der Waals surface area contributed by atoms with Crippen molar-refractivity contribution in [3.63, 3.8) is 0 Å². The lowest BCUT2D eigenvalue weighted by Crippen LogP contribution is -2.36. The predicted molar refractivity (Wildman–Crippen MR) is 86.8 cm³/mol. The minimum absolute atomic E-state index is 0.810. The highest BCUT2D eigenvalue weighted by atomic mass is 15.1. The quantitative estimate of drug-likeness (QED) is 0.778. The van der Waals surface area contributed by atoms with Crippen LogP contribution in [-0.2, 0) is 6.54 Å². The molecule has 1 aliphatic heterocycles. The van der Waals surface area contributed by atoms with Crippen LogP contribution in [0, 0.1) is 11.8 Å². The summed E-state index contributed by atoms with van der Waals surface area (Å²) in [7, 11) is 0. The molecule has 0 N–H and O–H groups in total. The fourth-order valence-electron chi connectivity index (χ4n) is 3.45. The summed E-state index contributed by atoms with van der Waals surface area (Å²) in [6.45, 7) is 8.36. The van der Waals surface area contributed by atoms with E-state index in [2.05, 4.69) is 61.2 Å². The van der Waals surface area contributed by atoms with Crippen LogP contribution >= 0.6 is 0 Å². The molecule has 2 aromatic rings. The van der Waals surface area contributed by atoms with Crippen LogP contribution in [-0.4, -0.2) is 18.0 Å². The fraction of sp³-hybridized carbons (Fsp3) is 0.474. The fourth-order valence-corrected chi connectivity index (χ4v) is 3.45. The molecule has 1 aliphatic rings. The van der Waals surface area contributed by atoms with Crippen molar-refractivity contribution in [2.75, 3.05) is 13.1 Å². The summed E-state index contributed by atoms with van der Waals surface area (Å²) >= 11 is 0. The average Bonchev–Trinajstić information content (AvgIpc) is 2.48. The average molecular weight is 267 g/mol. The van der Waals surface area contributed by atoms with Gasteiger partial charge in [-0.2, -0.15) is 0 Å². The number of likely N-dealkylation sites (tertiary alicyclic amines) is 1. The standard InChI is InChI=1S/C19H25N/c1-15(2)17-10-6-12-20(13-17)14-18-9-5-8-16-7-3-4-11-19(16)18/h3-5,7-9,11,15,17H,6,10,12-14H2,1-2H3. The lowest BCUT2D eigenvalue weighted by molar-refractivity contribution is 0.139. The van der Waals surface area contributed by atoms with E-state index in [0.29, 0.717) is 0 Å². The zero-order valence-electron chi connectivity index (χ0n) is 12.7. The van der Waals surface area contributed by atoms with Gasteiger partial charge in [-0.15, -0.1) is 0 Å². The lowest BCUT2D eigenvalue weighted by atomic mass is 9.87. The van der Waals surface area contributed by atoms with E-state index in [1.54, 1.807) is 0 Å². The van der Waals surface area contributed by atoms with Crippen LogP contribution in [0.5, 0.6) is 0 Å². The maximum Gasteiger partial charge on any atom is 0.0240 e. The van der Waals surface area contributed by atoms with Gasteiger partial charge >= 0.3 is 0 Å². The van der Waals surface area contributed by atoms with Gasteiger partial charge in [-0.05, 0) is 47.6 Å². The summed E-state index contributed by atoms with van der Waals surface area (Å²) in [5, 5.41) is 2.78. The van der Waals surface area contributed by atoms with Crippen LogP contribution in [0.2, 0.25) is 0 Å². The van der Waals surface area contributed by atoms with E-state index in [-0.39, 0.29) is 0 Å². The number of fused-ring (bicyclic) bond motifs is 1. The maximum atomic E-state index is 2.65. The van der Waals surface area contributed by atoms with Crippen molar-refractivity contribution in [1.29, 1.82) is 0 Å². The van der Waals surface area contributed by atoms with E-state index in [1.807, 2.05) is 0 Å². The van der Waals surface area contributed by atoms with E-state index in [1.165, 1.54) is 42.3 Å². The second-order valence-corrected chi connectivity index (χ2v) is 6.52. The first-order valence-electron chi connectivity index (χ1n) is 7.93. The van der Waals surface area contributed by atoms with Crippen molar-refractivity contribution in [2.24, 2.45) is 11.8 Å². The highest BCUT2D eigenvalue weighted by Gasteiger charge is 2.22. The van der Waals surface area contributed by atoms with Crippen molar-refractivity contribution < 1.29 is 0 Å². The Kier molecular flexibility index (Phi) is 4.07. The Labute approximate surface area is 122 Å². The third-order valence-corrected chi connectivity index (χ3v) is 4.76. The van der Waals surface area contributed by atoms with Crippen molar-refractivity contribution in [3.8, 4) is 0 Å². The van der Waals surface area contributed by atoms with Gasteiger partial charge in [0.2, 0.25) is 0 Å². The minimum atomic E-state index is 0.810. The second-order valence-electron chi connectivity index (χ2n) is 6.52. The van der Waals surface area contributed by atoms with Crippen molar-refractivity contribution in [1.82, 2.24) is 4.90 Å². The molecule has 0 aliphatic carbocycles. The van der Waals surface area contributed by atoms with Crippen LogP contribution in [0.25, 0.3) is 10.8 Å². The molecule has 106 valence electrons. The third-order valence-electron chi connectivity index (χ3n) is 4.76. The number of rotatable bonds is 3. The number of hydrogen-bond acceptors (Lipinski definition) is 1. The van der Waals surface area contributed by atoms with Crippen molar-refractivity contribution in [2.45, 2.75) is 33.2 Å². The van der Waals surface area contributed by atoms with Gasteiger partial charge in [0.1, 0.15) is 0 Å². The molecule has 0 amide bonds. The first kappa shape index (κ1) is 13.6. The van der Waals surface area contributed by atoms with E-state index in [4.69, 9.17) is 0 Å². The zero-order chi connectivity index (χ0) is 13.9. The summed E-state index contributed by atoms with van der Waals surface area (Å²) in [4.78, 5) is 2.65. The summed E-state index contributed by atoms with van der Waals surface area (Å²) < 4.78 is 0. The largest absolute Gasteiger partial charge is 0.299 e. The maximum absolute atomic E-state index is 2.65. The third kappa shape index (κ3) is 2.88. The van der Waals surface area contributed by atoms with Gasteiger partial charge in [0.25, 0.3) is 0 Å². The summed E-state index contributed by atoms with van der Waals surface area (Å²) in [5.41, 5.74) is 1.48. The topological polar surface area (TPSA) is 3.24 Å². The molecule has 0 spiro atoms. The van der Waals surface area contributed by atoms with Gasteiger partial charge in [-0.3, -0.25) is 4.90 Å². The highest BCUT2D eigenvalue weighted by Crippen LogP contribution is 2.26. The Morgan fingerprint density at radius 3 is 2.75 bits per heavy atom. The molecule has 1 saturated heterocycles. The molecule has 0 bridgehead atoms. The Bertz CT molecular complexity index is 567. The molecule has 0 saturated carbocycles. The smallest absolute Gasteiger partial charge is 0.0240 e. The molecule has 1 nitrogen and oxygen atoms in total. The van der Waals surface area contributed by atoms with Crippen LogP contribution in [0.1, 0.15) is 32.3 Å². The van der Waals surface area contributed by atoms with Crippen molar-refractivity contribution >= 4 is 10.8 Å².